The highest BCUT2D eigenvalue weighted by atomic mass is 16.2. The van der Waals surface area contributed by atoms with Gasteiger partial charge in [-0.15, -0.1) is 0 Å². The summed E-state index contributed by atoms with van der Waals surface area (Å²) in [5, 5.41) is 2.98. The monoisotopic (exact) mass is 193 g/mol. The molecule has 1 amide bonds. The van der Waals surface area contributed by atoms with Crippen LogP contribution in [0, 0.1) is 0 Å². The van der Waals surface area contributed by atoms with Gasteiger partial charge in [0.25, 0.3) is 0 Å². The van der Waals surface area contributed by atoms with Gasteiger partial charge in [-0.1, -0.05) is 0 Å². The zero-order chi connectivity index (χ0) is 10.7. The number of nitrogens with two attached hydrogens (primary N) is 1. The lowest BCUT2D eigenvalue weighted by molar-refractivity contribution is -0.116. The maximum absolute atomic E-state index is 11.1. The second kappa shape index (κ2) is 4.00. The summed E-state index contributed by atoms with van der Waals surface area (Å²) in [5.41, 5.74) is 8.02. The molecule has 1 aromatic rings. The van der Waals surface area contributed by atoms with E-state index in [9.17, 15) is 4.79 Å². The van der Waals surface area contributed by atoms with Gasteiger partial charge < -0.3 is 16.0 Å². The molecule has 0 aromatic heterocycles. The Morgan fingerprint density at radius 1 is 1.43 bits per heavy atom. The van der Waals surface area contributed by atoms with Gasteiger partial charge in [-0.3, -0.25) is 4.79 Å². The average Bonchev–Trinajstić information content (AvgIpc) is 2.15. The third-order valence-electron chi connectivity index (χ3n) is 2.09. The van der Waals surface area contributed by atoms with Crippen molar-refractivity contribution in [3.63, 3.8) is 0 Å². The third-order valence-corrected chi connectivity index (χ3v) is 2.09. The summed E-state index contributed by atoms with van der Waals surface area (Å²) in [4.78, 5) is 12.7. The Balaban J connectivity index is 3.08. The van der Waals surface area contributed by atoms with E-state index in [0.29, 0.717) is 5.69 Å². The van der Waals surface area contributed by atoms with Crippen LogP contribution < -0.4 is 16.0 Å². The molecule has 0 aliphatic carbocycles. The third kappa shape index (κ3) is 2.16. The molecule has 0 saturated heterocycles. The van der Waals surface area contributed by atoms with Gasteiger partial charge in [-0.25, -0.2) is 0 Å². The number of anilines is 3. The lowest BCUT2D eigenvalue weighted by Gasteiger charge is -2.16. The van der Waals surface area contributed by atoms with Crippen molar-refractivity contribution in [1.82, 2.24) is 0 Å². The van der Waals surface area contributed by atoms with Crippen LogP contribution in [0.15, 0.2) is 18.2 Å². The Kier molecular flexibility index (Phi) is 2.96. The minimum absolute atomic E-state index is 0.0161. The van der Waals surface area contributed by atoms with Gasteiger partial charge in [0.15, 0.2) is 0 Å². The normalized spacial score (nSPS) is 9.64. The Morgan fingerprint density at radius 2 is 2.07 bits per heavy atom. The van der Waals surface area contributed by atoms with Crippen LogP contribution in [0.25, 0.3) is 0 Å². The standard InChI is InChI=1S/C10H15N3O/c1-7(14)13(3)10-5-8(11)4-9(6-10)12-2/h4-6,12H,11H2,1-3H3. The Labute approximate surface area is 83.7 Å². The predicted octanol–water partition coefficient (Wildman–Crippen LogP) is 1.29. The molecule has 0 saturated carbocycles. The average molecular weight is 193 g/mol. The van der Waals surface area contributed by atoms with E-state index in [0.717, 1.165) is 11.4 Å². The first-order valence-electron chi connectivity index (χ1n) is 4.37. The van der Waals surface area contributed by atoms with Gasteiger partial charge in [-0.2, -0.15) is 0 Å². The van der Waals surface area contributed by atoms with E-state index >= 15 is 0 Å². The number of hydrogen-bond acceptors (Lipinski definition) is 3. The number of amides is 1. The second-order valence-corrected chi connectivity index (χ2v) is 3.14. The number of nitrogen functional groups attached to an aromatic ring is 1. The summed E-state index contributed by atoms with van der Waals surface area (Å²) in [7, 11) is 3.53. The number of rotatable bonds is 2. The van der Waals surface area contributed by atoms with Crippen LogP contribution in [-0.4, -0.2) is 20.0 Å². The van der Waals surface area contributed by atoms with E-state index in [1.807, 2.05) is 19.2 Å². The number of hydrogen-bond donors (Lipinski definition) is 2. The number of nitrogens with zero attached hydrogens (tertiary/aromatic N) is 1. The molecule has 0 radical (unpaired) electrons. The Bertz CT molecular complexity index is 349. The number of carbonyl (C=O) groups is 1. The van der Waals surface area contributed by atoms with E-state index in [2.05, 4.69) is 5.32 Å². The molecule has 0 bridgehead atoms. The molecule has 1 rings (SSSR count). The molecule has 76 valence electrons. The van der Waals surface area contributed by atoms with Gasteiger partial charge in [0, 0.05) is 38.1 Å². The number of benzene rings is 1. The van der Waals surface area contributed by atoms with Crippen LogP contribution in [0.1, 0.15) is 6.92 Å². The van der Waals surface area contributed by atoms with Gasteiger partial charge in [0.2, 0.25) is 5.91 Å². The van der Waals surface area contributed by atoms with Crippen molar-refractivity contribution >= 4 is 23.0 Å². The van der Waals surface area contributed by atoms with Gasteiger partial charge >= 0.3 is 0 Å². The summed E-state index contributed by atoms with van der Waals surface area (Å²) in [6.07, 6.45) is 0. The molecule has 1 aromatic carbocycles. The van der Waals surface area contributed by atoms with E-state index in [4.69, 9.17) is 5.73 Å². The fourth-order valence-electron chi connectivity index (χ4n) is 1.15. The lowest BCUT2D eigenvalue weighted by atomic mass is 10.2. The summed E-state index contributed by atoms with van der Waals surface area (Å²) in [5.74, 6) is -0.0161. The van der Waals surface area contributed by atoms with Crippen LogP contribution in [0.2, 0.25) is 0 Å². The first-order chi connectivity index (χ1) is 6.54. The van der Waals surface area contributed by atoms with Gasteiger partial charge in [0.1, 0.15) is 0 Å². The molecule has 0 aliphatic heterocycles. The van der Waals surface area contributed by atoms with Crippen LogP contribution in [0.3, 0.4) is 0 Å². The molecule has 0 atom stereocenters. The molecule has 3 N–H and O–H groups in total. The van der Waals surface area contributed by atoms with Gasteiger partial charge in [-0.05, 0) is 18.2 Å². The van der Waals surface area contributed by atoms with Crippen molar-refractivity contribution in [1.29, 1.82) is 0 Å². The minimum Gasteiger partial charge on any atom is -0.399 e. The summed E-state index contributed by atoms with van der Waals surface area (Å²) in [6, 6.07) is 5.46. The van der Waals surface area contributed by atoms with Crippen molar-refractivity contribution in [2.75, 3.05) is 30.0 Å². The Hall–Kier alpha value is -1.71. The van der Waals surface area contributed by atoms with Crippen molar-refractivity contribution < 1.29 is 4.79 Å². The van der Waals surface area contributed by atoms with E-state index in [1.165, 1.54) is 6.92 Å². The van der Waals surface area contributed by atoms with Gasteiger partial charge in [0.05, 0.1) is 0 Å². The van der Waals surface area contributed by atoms with Crippen LogP contribution in [0.5, 0.6) is 0 Å². The number of nitrogens with one attached hydrogen (secondary N) is 1. The number of carbonyl (C=O) groups excluding carboxylic acids is 1. The highest BCUT2D eigenvalue weighted by molar-refractivity contribution is 5.92. The van der Waals surface area contributed by atoms with Crippen molar-refractivity contribution in [2.24, 2.45) is 0 Å². The Morgan fingerprint density at radius 3 is 2.57 bits per heavy atom. The van der Waals surface area contributed by atoms with Crippen LogP contribution >= 0.6 is 0 Å². The second-order valence-electron chi connectivity index (χ2n) is 3.14. The summed E-state index contributed by atoms with van der Waals surface area (Å²) in [6.45, 7) is 1.52. The van der Waals surface area contributed by atoms with Crippen molar-refractivity contribution in [3.05, 3.63) is 18.2 Å². The smallest absolute Gasteiger partial charge is 0.223 e. The molecule has 14 heavy (non-hydrogen) atoms. The lowest BCUT2D eigenvalue weighted by Crippen LogP contribution is -2.22. The maximum Gasteiger partial charge on any atom is 0.223 e. The summed E-state index contributed by atoms with van der Waals surface area (Å²) < 4.78 is 0. The minimum atomic E-state index is -0.0161. The van der Waals surface area contributed by atoms with Crippen LogP contribution in [-0.2, 0) is 4.79 Å². The molecule has 0 spiro atoms. The van der Waals surface area contributed by atoms with E-state index in [-0.39, 0.29) is 5.91 Å². The predicted molar refractivity (Wildman–Crippen MR) is 59.5 cm³/mol. The largest absolute Gasteiger partial charge is 0.399 e. The van der Waals surface area contributed by atoms with Crippen molar-refractivity contribution in [3.8, 4) is 0 Å². The fourth-order valence-corrected chi connectivity index (χ4v) is 1.15. The van der Waals surface area contributed by atoms with E-state index in [1.54, 1.807) is 18.0 Å². The van der Waals surface area contributed by atoms with Crippen LogP contribution in [0.4, 0.5) is 17.1 Å². The molecule has 0 heterocycles. The topological polar surface area (TPSA) is 58.4 Å². The highest BCUT2D eigenvalue weighted by Crippen LogP contribution is 2.22. The quantitative estimate of drug-likeness (QED) is 0.696. The molecular weight excluding hydrogens is 178 g/mol. The fraction of sp³-hybridized carbons (Fsp3) is 0.300. The SMILES string of the molecule is CNc1cc(N)cc(N(C)C(C)=O)c1. The van der Waals surface area contributed by atoms with E-state index < -0.39 is 0 Å². The molecule has 4 heteroatoms. The molecule has 0 aliphatic rings. The molecular formula is C10H15N3O. The van der Waals surface area contributed by atoms with Crippen molar-refractivity contribution in [2.45, 2.75) is 6.92 Å². The first-order valence-corrected chi connectivity index (χ1v) is 4.37. The first kappa shape index (κ1) is 10.4. The molecule has 0 fully saturated rings. The highest BCUT2D eigenvalue weighted by Gasteiger charge is 2.06. The zero-order valence-corrected chi connectivity index (χ0v) is 8.66. The summed E-state index contributed by atoms with van der Waals surface area (Å²) >= 11 is 0. The molecule has 4 nitrogen and oxygen atoms in total. The molecule has 0 unspecified atom stereocenters. The maximum atomic E-state index is 11.1. The zero-order valence-electron chi connectivity index (χ0n) is 8.66.